The minimum absolute atomic E-state index is 0.611. The van der Waals surface area contributed by atoms with E-state index < -0.39 is 8.80 Å². The smallest absolute Gasteiger partial charge is 0.390 e. The van der Waals surface area contributed by atoms with E-state index in [-0.39, 0.29) is 0 Å². The van der Waals surface area contributed by atoms with Crippen molar-refractivity contribution in [2.45, 2.75) is 38.1 Å². The van der Waals surface area contributed by atoms with Gasteiger partial charge in [0.05, 0.1) is 0 Å². The van der Waals surface area contributed by atoms with E-state index in [1.54, 1.807) is 0 Å². The molecule has 0 rings (SSSR count). The molecule has 0 amide bonds. The molecule has 0 aliphatic heterocycles. The Hall–Kier alpha value is 0.0169. The van der Waals surface area contributed by atoms with Gasteiger partial charge in [0.15, 0.2) is 0 Å². The van der Waals surface area contributed by atoms with Crippen molar-refractivity contribution in [2.75, 3.05) is 33.9 Å². The number of hydrogen-bond donors (Lipinski definition) is 3. The zero-order chi connectivity index (χ0) is 13.0. The van der Waals surface area contributed by atoms with Crippen LogP contribution in [0.15, 0.2) is 0 Å². The SMILES string of the molecule is CO[Si](O)(CCCNCCCCCCN)OC. The Morgan fingerprint density at radius 1 is 1.00 bits per heavy atom. The normalized spacial score (nSPS) is 12.0. The summed E-state index contributed by atoms with van der Waals surface area (Å²) in [6, 6.07) is 0.611. The molecule has 0 atom stereocenters. The summed E-state index contributed by atoms with van der Waals surface area (Å²) in [6.45, 7) is 2.73. The van der Waals surface area contributed by atoms with Crippen molar-refractivity contribution in [3.63, 3.8) is 0 Å². The van der Waals surface area contributed by atoms with Crippen LogP contribution in [0.25, 0.3) is 0 Å². The van der Waals surface area contributed by atoms with Gasteiger partial charge < -0.3 is 24.7 Å². The van der Waals surface area contributed by atoms with Gasteiger partial charge in [-0.3, -0.25) is 0 Å². The highest BCUT2D eigenvalue weighted by Gasteiger charge is 2.33. The summed E-state index contributed by atoms with van der Waals surface area (Å²) >= 11 is 0. The molecule has 4 N–H and O–H groups in total. The Labute approximate surface area is 106 Å². The quantitative estimate of drug-likeness (QED) is 0.357. The average molecular weight is 264 g/mol. The lowest BCUT2D eigenvalue weighted by Crippen LogP contribution is -2.40. The fraction of sp³-hybridized carbons (Fsp3) is 1.00. The molecule has 0 aromatic carbocycles. The largest absolute Gasteiger partial charge is 0.497 e. The summed E-state index contributed by atoms with van der Waals surface area (Å²) in [5.41, 5.74) is 5.42. The maximum atomic E-state index is 9.78. The molecule has 0 bridgehead atoms. The Morgan fingerprint density at radius 3 is 2.18 bits per heavy atom. The molecule has 0 unspecified atom stereocenters. The Balaban J connectivity index is 3.23. The first-order chi connectivity index (χ1) is 8.18. The van der Waals surface area contributed by atoms with Crippen LogP contribution in [0, 0.1) is 0 Å². The highest BCUT2D eigenvalue weighted by Crippen LogP contribution is 2.09. The van der Waals surface area contributed by atoms with Crippen molar-refractivity contribution in [1.29, 1.82) is 0 Å². The molecule has 0 aromatic heterocycles. The molecular formula is C11H28N2O3Si. The van der Waals surface area contributed by atoms with E-state index in [0.717, 1.165) is 32.5 Å². The molecule has 17 heavy (non-hydrogen) atoms. The van der Waals surface area contributed by atoms with Crippen LogP contribution in [-0.4, -0.2) is 47.5 Å². The van der Waals surface area contributed by atoms with Crippen LogP contribution >= 0.6 is 0 Å². The van der Waals surface area contributed by atoms with Gasteiger partial charge in [-0.05, 0) is 38.9 Å². The van der Waals surface area contributed by atoms with E-state index in [2.05, 4.69) is 5.32 Å². The highest BCUT2D eigenvalue weighted by molar-refractivity contribution is 6.59. The summed E-state index contributed by atoms with van der Waals surface area (Å²) in [5.74, 6) is 0. The van der Waals surface area contributed by atoms with E-state index in [1.807, 2.05) is 0 Å². The topological polar surface area (TPSA) is 76.7 Å². The molecule has 0 spiro atoms. The first kappa shape index (κ1) is 17.0. The van der Waals surface area contributed by atoms with Crippen LogP contribution in [0.4, 0.5) is 0 Å². The van der Waals surface area contributed by atoms with E-state index >= 15 is 0 Å². The molecule has 5 nitrogen and oxygen atoms in total. The minimum atomic E-state index is -2.84. The number of unbranched alkanes of at least 4 members (excludes halogenated alkanes) is 3. The minimum Gasteiger partial charge on any atom is -0.390 e. The van der Waals surface area contributed by atoms with Gasteiger partial charge in [0.25, 0.3) is 0 Å². The standard InChI is InChI=1S/C11H28N2O3Si/c1-15-17(14,16-2)11-7-10-13-9-6-4-3-5-8-12/h13-14H,3-12H2,1-2H3. The molecule has 0 aliphatic carbocycles. The van der Waals surface area contributed by atoms with Crippen LogP contribution in [-0.2, 0) is 8.85 Å². The lowest BCUT2D eigenvalue weighted by atomic mass is 10.2. The Morgan fingerprint density at radius 2 is 1.59 bits per heavy atom. The number of nitrogens with two attached hydrogens (primary N) is 1. The molecule has 0 aliphatic rings. The lowest BCUT2D eigenvalue weighted by molar-refractivity contribution is 0.150. The van der Waals surface area contributed by atoms with Gasteiger partial charge >= 0.3 is 8.80 Å². The van der Waals surface area contributed by atoms with Gasteiger partial charge in [-0.2, -0.15) is 0 Å². The van der Waals surface area contributed by atoms with E-state index in [1.165, 1.54) is 33.5 Å². The predicted molar refractivity (Wildman–Crippen MR) is 71.8 cm³/mol. The van der Waals surface area contributed by atoms with Gasteiger partial charge in [0.2, 0.25) is 0 Å². The second-order valence-corrected chi connectivity index (χ2v) is 6.92. The first-order valence-corrected chi connectivity index (χ1v) is 8.39. The molecule has 104 valence electrons. The Kier molecular flexibility index (Phi) is 11.1. The lowest BCUT2D eigenvalue weighted by Gasteiger charge is -2.19. The third-order valence-corrected chi connectivity index (χ3v) is 5.05. The van der Waals surface area contributed by atoms with E-state index in [0.29, 0.717) is 6.04 Å². The molecule has 0 saturated carbocycles. The molecule has 0 aromatic rings. The number of hydrogen-bond acceptors (Lipinski definition) is 5. The number of nitrogens with one attached hydrogen (secondary N) is 1. The monoisotopic (exact) mass is 264 g/mol. The van der Waals surface area contributed by atoms with Crippen LogP contribution in [0.5, 0.6) is 0 Å². The first-order valence-electron chi connectivity index (χ1n) is 6.42. The third-order valence-electron chi connectivity index (χ3n) is 2.79. The molecule has 0 heterocycles. The van der Waals surface area contributed by atoms with Crippen molar-refractivity contribution in [3.8, 4) is 0 Å². The van der Waals surface area contributed by atoms with Crippen molar-refractivity contribution in [1.82, 2.24) is 5.32 Å². The molecule has 0 radical (unpaired) electrons. The van der Waals surface area contributed by atoms with Crippen LogP contribution in [0.1, 0.15) is 32.1 Å². The number of rotatable bonds is 12. The summed E-state index contributed by atoms with van der Waals surface area (Å²) in [5, 5.41) is 3.35. The van der Waals surface area contributed by atoms with Crippen molar-refractivity contribution < 1.29 is 13.6 Å². The average Bonchev–Trinajstić information content (AvgIpc) is 2.36. The molecular weight excluding hydrogens is 236 g/mol. The maximum Gasteiger partial charge on any atom is 0.497 e. The van der Waals surface area contributed by atoms with Crippen molar-refractivity contribution in [3.05, 3.63) is 0 Å². The van der Waals surface area contributed by atoms with Crippen LogP contribution in [0.3, 0.4) is 0 Å². The fourth-order valence-electron chi connectivity index (χ4n) is 1.60. The second kappa shape index (κ2) is 11.1. The molecule has 6 heteroatoms. The van der Waals surface area contributed by atoms with Gasteiger partial charge in [0.1, 0.15) is 0 Å². The fourth-order valence-corrected chi connectivity index (χ4v) is 2.80. The maximum absolute atomic E-state index is 9.78. The third kappa shape index (κ3) is 9.69. The van der Waals surface area contributed by atoms with Crippen LogP contribution in [0.2, 0.25) is 6.04 Å². The molecule has 0 fully saturated rings. The van der Waals surface area contributed by atoms with Crippen molar-refractivity contribution >= 4 is 8.80 Å². The second-order valence-electron chi connectivity index (χ2n) is 4.18. The summed E-state index contributed by atoms with van der Waals surface area (Å²) in [6.07, 6.45) is 5.65. The van der Waals surface area contributed by atoms with Crippen LogP contribution < -0.4 is 11.1 Å². The predicted octanol–water partition coefficient (Wildman–Crippen LogP) is 0.709. The highest BCUT2D eigenvalue weighted by atomic mass is 28.4. The summed E-state index contributed by atoms with van der Waals surface area (Å²) in [4.78, 5) is 9.78. The van der Waals surface area contributed by atoms with Gasteiger partial charge in [0, 0.05) is 20.3 Å². The van der Waals surface area contributed by atoms with Gasteiger partial charge in [-0.25, -0.2) is 0 Å². The van der Waals surface area contributed by atoms with Gasteiger partial charge in [-0.15, -0.1) is 0 Å². The van der Waals surface area contributed by atoms with E-state index in [4.69, 9.17) is 14.6 Å². The summed E-state index contributed by atoms with van der Waals surface area (Å²) < 4.78 is 9.98. The summed E-state index contributed by atoms with van der Waals surface area (Å²) in [7, 11) is 0.164. The van der Waals surface area contributed by atoms with Gasteiger partial charge in [-0.1, -0.05) is 12.8 Å². The zero-order valence-electron chi connectivity index (χ0n) is 11.2. The molecule has 0 saturated heterocycles. The Bertz CT molecular complexity index is 169. The van der Waals surface area contributed by atoms with Crippen molar-refractivity contribution in [2.24, 2.45) is 5.73 Å². The van der Waals surface area contributed by atoms with E-state index in [9.17, 15) is 4.80 Å². The zero-order valence-corrected chi connectivity index (χ0v) is 12.2.